The lowest BCUT2D eigenvalue weighted by Gasteiger charge is -2.39. The van der Waals surface area contributed by atoms with Crippen molar-refractivity contribution < 1.29 is 14.3 Å². The first-order valence-electron chi connectivity index (χ1n) is 9.28. The van der Waals surface area contributed by atoms with Crippen LogP contribution in [0.15, 0.2) is 18.2 Å². The number of nitrogens with zero attached hydrogens (tertiary/aromatic N) is 1. The van der Waals surface area contributed by atoms with Gasteiger partial charge in [-0.25, -0.2) is 0 Å². The van der Waals surface area contributed by atoms with Gasteiger partial charge in [0, 0.05) is 19.0 Å². The van der Waals surface area contributed by atoms with Gasteiger partial charge in [0.2, 0.25) is 5.91 Å². The number of hydrogen-bond acceptors (Lipinski definition) is 3. The van der Waals surface area contributed by atoms with E-state index in [1.165, 1.54) is 19.3 Å². The van der Waals surface area contributed by atoms with E-state index in [1.54, 1.807) is 18.7 Å². The smallest absolute Gasteiger partial charge is 0.270 e. The molecule has 2 amide bonds. The van der Waals surface area contributed by atoms with Crippen molar-refractivity contribution in [3.63, 3.8) is 0 Å². The van der Waals surface area contributed by atoms with Crippen molar-refractivity contribution in [3.05, 3.63) is 23.8 Å². The molecular weight excluding hydrogens is 316 g/mol. The molecule has 1 aliphatic heterocycles. The average Bonchev–Trinajstić information content (AvgIpc) is 2.57. The summed E-state index contributed by atoms with van der Waals surface area (Å²) in [4.78, 5) is 26.8. The third kappa shape index (κ3) is 3.97. The fraction of sp³-hybridized carbons (Fsp3) is 0.600. The lowest BCUT2D eigenvalue weighted by Crippen LogP contribution is -2.53. The first-order valence-corrected chi connectivity index (χ1v) is 9.28. The number of benzene rings is 1. The molecule has 0 bridgehead atoms. The molecule has 0 spiro atoms. The Balaban J connectivity index is 1.69. The van der Waals surface area contributed by atoms with E-state index in [-0.39, 0.29) is 11.8 Å². The van der Waals surface area contributed by atoms with Crippen LogP contribution in [0.5, 0.6) is 5.75 Å². The Morgan fingerprint density at radius 2 is 2.00 bits per heavy atom. The summed E-state index contributed by atoms with van der Waals surface area (Å²) in [5.41, 5.74) is 0.906. The molecule has 1 saturated carbocycles. The predicted octanol–water partition coefficient (Wildman–Crippen LogP) is 3.34. The van der Waals surface area contributed by atoms with Crippen LogP contribution in [-0.2, 0) is 9.59 Å². The first kappa shape index (κ1) is 17.8. The largest absolute Gasteiger partial charge is 0.476 e. The molecule has 0 saturated heterocycles. The van der Waals surface area contributed by atoms with Crippen molar-refractivity contribution in [2.24, 2.45) is 0 Å². The molecule has 0 atom stereocenters. The molecule has 5 nitrogen and oxygen atoms in total. The Hall–Kier alpha value is -2.04. The first-order chi connectivity index (χ1) is 11.9. The van der Waals surface area contributed by atoms with Crippen LogP contribution in [0.4, 0.5) is 5.69 Å². The number of ether oxygens (including phenoxy) is 1. The summed E-state index contributed by atoms with van der Waals surface area (Å²) in [7, 11) is 0. The van der Waals surface area contributed by atoms with Crippen LogP contribution < -0.4 is 15.0 Å². The van der Waals surface area contributed by atoms with Gasteiger partial charge < -0.3 is 15.0 Å². The maximum absolute atomic E-state index is 12.8. The number of aryl methyl sites for hydroxylation is 1. The molecular formula is C20H28N2O3. The van der Waals surface area contributed by atoms with Crippen molar-refractivity contribution in [2.45, 2.75) is 70.9 Å². The second-order valence-corrected chi connectivity index (χ2v) is 7.69. The van der Waals surface area contributed by atoms with Crippen LogP contribution in [0.1, 0.15) is 57.9 Å². The fourth-order valence-electron chi connectivity index (χ4n) is 3.66. The average molecular weight is 344 g/mol. The van der Waals surface area contributed by atoms with Crippen LogP contribution >= 0.6 is 0 Å². The number of anilines is 1. The van der Waals surface area contributed by atoms with Gasteiger partial charge in [0.15, 0.2) is 5.60 Å². The van der Waals surface area contributed by atoms with Gasteiger partial charge in [0.25, 0.3) is 5.91 Å². The molecule has 3 rings (SSSR count). The highest BCUT2D eigenvalue weighted by Crippen LogP contribution is 2.38. The number of fused-ring (bicyclic) bond motifs is 1. The van der Waals surface area contributed by atoms with E-state index in [0.29, 0.717) is 24.8 Å². The van der Waals surface area contributed by atoms with Crippen LogP contribution in [0.25, 0.3) is 0 Å². The summed E-state index contributed by atoms with van der Waals surface area (Å²) in [6.07, 6.45) is 6.08. The second kappa shape index (κ2) is 7.06. The number of carbonyl (C=O) groups is 2. The number of amides is 2. The molecule has 1 aliphatic carbocycles. The number of carbonyl (C=O) groups excluding carboxylic acids is 2. The summed E-state index contributed by atoms with van der Waals surface area (Å²) >= 11 is 0. The third-order valence-electron chi connectivity index (χ3n) is 5.06. The Bertz CT molecular complexity index is 663. The Morgan fingerprint density at radius 1 is 1.28 bits per heavy atom. The molecule has 5 heteroatoms. The zero-order valence-corrected chi connectivity index (χ0v) is 15.4. The third-order valence-corrected chi connectivity index (χ3v) is 5.06. The minimum Gasteiger partial charge on any atom is -0.476 e. The van der Waals surface area contributed by atoms with Crippen LogP contribution in [0, 0.1) is 6.92 Å². The molecule has 0 radical (unpaired) electrons. The van der Waals surface area contributed by atoms with Crippen molar-refractivity contribution >= 4 is 17.5 Å². The predicted molar refractivity (Wildman–Crippen MR) is 97.9 cm³/mol. The number of hydrogen-bond donors (Lipinski definition) is 1. The van der Waals surface area contributed by atoms with Gasteiger partial charge in [0.1, 0.15) is 5.75 Å². The lowest BCUT2D eigenvalue weighted by atomic mass is 9.95. The zero-order chi connectivity index (χ0) is 18.0. The molecule has 1 fully saturated rings. The summed E-state index contributed by atoms with van der Waals surface area (Å²) in [6, 6.07) is 6.11. The van der Waals surface area contributed by atoms with Crippen molar-refractivity contribution in [1.29, 1.82) is 0 Å². The highest BCUT2D eigenvalue weighted by molar-refractivity contribution is 6.02. The van der Waals surface area contributed by atoms with Gasteiger partial charge >= 0.3 is 0 Å². The summed E-state index contributed by atoms with van der Waals surface area (Å²) in [5.74, 6) is 0.622. The van der Waals surface area contributed by atoms with E-state index in [9.17, 15) is 9.59 Å². The highest BCUT2D eigenvalue weighted by atomic mass is 16.5. The van der Waals surface area contributed by atoms with Gasteiger partial charge in [-0.2, -0.15) is 0 Å². The monoisotopic (exact) mass is 344 g/mol. The van der Waals surface area contributed by atoms with Crippen LogP contribution in [0.2, 0.25) is 0 Å². The van der Waals surface area contributed by atoms with Gasteiger partial charge in [-0.3, -0.25) is 9.59 Å². The van der Waals surface area contributed by atoms with Gasteiger partial charge in [-0.1, -0.05) is 25.3 Å². The topological polar surface area (TPSA) is 58.6 Å². The molecule has 25 heavy (non-hydrogen) atoms. The van der Waals surface area contributed by atoms with E-state index in [1.807, 2.05) is 25.1 Å². The molecule has 0 aromatic heterocycles. The molecule has 1 N–H and O–H groups in total. The molecule has 2 aliphatic rings. The molecule has 1 aromatic rings. The molecule has 136 valence electrons. The zero-order valence-electron chi connectivity index (χ0n) is 15.4. The minimum absolute atomic E-state index is 0.0261. The Kier molecular flexibility index (Phi) is 5.02. The number of nitrogens with one attached hydrogen (secondary N) is 1. The van der Waals surface area contributed by atoms with Gasteiger partial charge in [-0.05, 0) is 51.3 Å². The lowest BCUT2D eigenvalue weighted by molar-refractivity contribution is -0.132. The van der Waals surface area contributed by atoms with Gasteiger partial charge in [0.05, 0.1) is 5.69 Å². The van der Waals surface area contributed by atoms with E-state index >= 15 is 0 Å². The molecule has 0 unspecified atom stereocenters. The Morgan fingerprint density at radius 3 is 2.72 bits per heavy atom. The standard InChI is InChI=1S/C20H28N2O3/c1-14-9-10-17-16(13-14)22(19(24)20(2,3)25-17)12-11-18(23)21-15-7-5-4-6-8-15/h9-10,13,15H,4-8,11-12H2,1-3H3,(H,21,23). The second-order valence-electron chi connectivity index (χ2n) is 7.69. The van der Waals surface area contributed by atoms with Crippen molar-refractivity contribution in [1.82, 2.24) is 5.32 Å². The van der Waals surface area contributed by atoms with Crippen molar-refractivity contribution in [3.8, 4) is 5.75 Å². The normalized spacial score (nSPS) is 20.0. The summed E-state index contributed by atoms with van der Waals surface area (Å²) in [5, 5.41) is 3.12. The van der Waals surface area contributed by atoms with Crippen LogP contribution in [0.3, 0.4) is 0 Å². The number of rotatable bonds is 4. The van der Waals surface area contributed by atoms with Crippen molar-refractivity contribution in [2.75, 3.05) is 11.4 Å². The van der Waals surface area contributed by atoms with E-state index < -0.39 is 5.60 Å². The Labute approximate surface area is 149 Å². The summed E-state index contributed by atoms with van der Waals surface area (Å²) in [6.45, 7) is 5.90. The minimum atomic E-state index is -0.915. The maximum atomic E-state index is 12.8. The van der Waals surface area contributed by atoms with E-state index in [2.05, 4.69) is 5.32 Å². The van der Waals surface area contributed by atoms with Crippen LogP contribution in [-0.4, -0.2) is 30.0 Å². The van der Waals surface area contributed by atoms with E-state index in [0.717, 1.165) is 24.1 Å². The molecule has 1 heterocycles. The quantitative estimate of drug-likeness (QED) is 0.911. The maximum Gasteiger partial charge on any atom is 0.270 e. The highest BCUT2D eigenvalue weighted by Gasteiger charge is 2.40. The summed E-state index contributed by atoms with van der Waals surface area (Å²) < 4.78 is 5.85. The van der Waals surface area contributed by atoms with Gasteiger partial charge in [-0.15, -0.1) is 0 Å². The molecule has 1 aromatic carbocycles. The SMILES string of the molecule is Cc1ccc2c(c1)N(CCC(=O)NC1CCCCC1)C(=O)C(C)(C)O2. The fourth-order valence-corrected chi connectivity index (χ4v) is 3.66. The van der Waals surface area contributed by atoms with E-state index in [4.69, 9.17) is 4.74 Å².